The third kappa shape index (κ3) is 2.73. The maximum atomic E-state index is 13.2. The van der Waals surface area contributed by atoms with E-state index in [0.717, 1.165) is 12.1 Å². The fraction of sp³-hybridized carbons (Fsp3) is 0. The maximum absolute atomic E-state index is 13.2. The minimum Gasteiger partial charge on any atom is -0.455 e. The highest BCUT2D eigenvalue weighted by Gasteiger charge is 2.09. The topological polar surface area (TPSA) is 35.2 Å². The van der Waals surface area contributed by atoms with E-state index in [-0.39, 0.29) is 26.7 Å². The Bertz CT molecular complexity index is 607. The predicted molar refractivity (Wildman–Crippen MR) is 70.0 cm³/mol. The quantitative estimate of drug-likeness (QED) is 0.804. The Kier molecular flexibility index (Phi) is 3.73. The van der Waals surface area contributed by atoms with Crippen LogP contribution in [0.4, 0.5) is 14.5 Å². The molecule has 6 heteroatoms. The van der Waals surface area contributed by atoms with E-state index in [1.807, 2.05) is 0 Å². The number of nitrogens with two attached hydrogens (primary N) is 1. The van der Waals surface area contributed by atoms with E-state index in [9.17, 15) is 8.78 Å². The molecule has 0 amide bonds. The first-order valence-corrected chi connectivity index (χ1v) is 6.02. The lowest BCUT2D eigenvalue weighted by molar-refractivity contribution is 0.476. The van der Waals surface area contributed by atoms with Gasteiger partial charge in [-0.05, 0) is 28.1 Å². The Balaban J connectivity index is 2.34. The van der Waals surface area contributed by atoms with Gasteiger partial charge in [0, 0.05) is 18.2 Å². The molecule has 2 N–H and O–H groups in total. The zero-order valence-corrected chi connectivity index (χ0v) is 11.2. The summed E-state index contributed by atoms with van der Waals surface area (Å²) < 4.78 is 31.9. The fourth-order valence-electron chi connectivity index (χ4n) is 1.30. The van der Waals surface area contributed by atoms with Gasteiger partial charge in [0.2, 0.25) is 0 Å². The molecule has 0 aliphatic rings. The van der Waals surface area contributed by atoms with Crippen molar-refractivity contribution in [2.45, 2.75) is 0 Å². The molecule has 2 nitrogen and oxygen atoms in total. The molecule has 0 aliphatic heterocycles. The van der Waals surface area contributed by atoms with Gasteiger partial charge in [-0.25, -0.2) is 8.78 Å². The first-order chi connectivity index (χ1) is 8.47. The molecule has 0 saturated carbocycles. The van der Waals surface area contributed by atoms with E-state index in [0.29, 0.717) is 0 Å². The Labute approximate surface area is 115 Å². The van der Waals surface area contributed by atoms with E-state index >= 15 is 0 Å². The third-order valence-electron chi connectivity index (χ3n) is 2.17. The first kappa shape index (κ1) is 13.1. The van der Waals surface area contributed by atoms with Crippen LogP contribution in [0.5, 0.6) is 11.5 Å². The SMILES string of the molecule is Nc1cc(F)c(Br)cc1Oc1ccc(Cl)c(F)c1. The number of halogens is 4. The summed E-state index contributed by atoms with van der Waals surface area (Å²) in [6.07, 6.45) is 0. The van der Waals surface area contributed by atoms with Crippen molar-refractivity contribution in [1.29, 1.82) is 0 Å². The van der Waals surface area contributed by atoms with Crippen LogP contribution in [0.3, 0.4) is 0 Å². The molecule has 2 aromatic carbocycles. The van der Waals surface area contributed by atoms with Gasteiger partial charge in [-0.15, -0.1) is 0 Å². The van der Waals surface area contributed by atoms with E-state index in [2.05, 4.69) is 15.9 Å². The smallest absolute Gasteiger partial charge is 0.151 e. The van der Waals surface area contributed by atoms with Crippen molar-refractivity contribution in [2.24, 2.45) is 0 Å². The number of ether oxygens (including phenoxy) is 1. The summed E-state index contributed by atoms with van der Waals surface area (Å²) in [7, 11) is 0. The van der Waals surface area contributed by atoms with E-state index in [1.54, 1.807) is 0 Å². The Morgan fingerprint density at radius 1 is 1.11 bits per heavy atom. The molecular weight excluding hydrogens is 327 g/mol. The lowest BCUT2D eigenvalue weighted by Crippen LogP contribution is -1.94. The minimum absolute atomic E-state index is 0.00407. The average molecular weight is 335 g/mol. The van der Waals surface area contributed by atoms with Gasteiger partial charge in [-0.2, -0.15) is 0 Å². The Morgan fingerprint density at radius 2 is 1.83 bits per heavy atom. The Morgan fingerprint density at radius 3 is 2.50 bits per heavy atom. The van der Waals surface area contributed by atoms with Gasteiger partial charge in [0.25, 0.3) is 0 Å². The van der Waals surface area contributed by atoms with Crippen LogP contribution < -0.4 is 10.5 Å². The molecule has 18 heavy (non-hydrogen) atoms. The highest BCUT2D eigenvalue weighted by Crippen LogP contribution is 2.33. The zero-order valence-electron chi connectivity index (χ0n) is 8.88. The molecule has 0 fully saturated rings. The molecule has 0 atom stereocenters. The van der Waals surface area contributed by atoms with Gasteiger partial charge in [0.05, 0.1) is 15.2 Å². The molecule has 0 bridgehead atoms. The van der Waals surface area contributed by atoms with E-state index < -0.39 is 11.6 Å². The monoisotopic (exact) mass is 333 g/mol. The molecule has 0 saturated heterocycles. The van der Waals surface area contributed by atoms with Crippen LogP contribution in [0.15, 0.2) is 34.8 Å². The van der Waals surface area contributed by atoms with Crippen molar-refractivity contribution in [1.82, 2.24) is 0 Å². The molecule has 0 heterocycles. The molecular formula is C12H7BrClF2NO. The second-order valence-corrected chi connectivity index (χ2v) is 4.74. The number of hydrogen-bond acceptors (Lipinski definition) is 2. The van der Waals surface area contributed by atoms with Gasteiger partial charge in [0.15, 0.2) is 5.75 Å². The number of benzene rings is 2. The summed E-state index contributed by atoms with van der Waals surface area (Å²) in [4.78, 5) is 0. The van der Waals surface area contributed by atoms with Crippen molar-refractivity contribution in [3.05, 3.63) is 51.5 Å². The summed E-state index contributed by atoms with van der Waals surface area (Å²) >= 11 is 8.56. The predicted octanol–water partition coefficient (Wildman–Crippen LogP) is 4.76. The van der Waals surface area contributed by atoms with Gasteiger partial charge in [0.1, 0.15) is 17.4 Å². The van der Waals surface area contributed by atoms with Crippen LogP contribution in [0.2, 0.25) is 5.02 Å². The van der Waals surface area contributed by atoms with Crippen molar-refractivity contribution < 1.29 is 13.5 Å². The maximum Gasteiger partial charge on any atom is 0.151 e. The summed E-state index contributed by atoms with van der Waals surface area (Å²) in [6, 6.07) is 6.46. The van der Waals surface area contributed by atoms with Gasteiger partial charge >= 0.3 is 0 Å². The third-order valence-corrected chi connectivity index (χ3v) is 3.09. The van der Waals surface area contributed by atoms with Crippen molar-refractivity contribution in [3.63, 3.8) is 0 Å². The van der Waals surface area contributed by atoms with Crippen LogP contribution in [0, 0.1) is 11.6 Å². The molecule has 94 valence electrons. The second kappa shape index (κ2) is 5.12. The van der Waals surface area contributed by atoms with Crippen LogP contribution in [0.25, 0.3) is 0 Å². The van der Waals surface area contributed by atoms with Crippen molar-refractivity contribution in [2.75, 3.05) is 5.73 Å². The minimum atomic E-state index is -0.603. The van der Waals surface area contributed by atoms with Crippen molar-refractivity contribution >= 4 is 33.2 Å². The van der Waals surface area contributed by atoms with Gasteiger partial charge in [-0.3, -0.25) is 0 Å². The van der Waals surface area contributed by atoms with E-state index in [4.69, 9.17) is 22.1 Å². The van der Waals surface area contributed by atoms with Gasteiger partial charge in [-0.1, -0.05) is 11.6 Å². The van der Waals surface area contributed by atoms with Gasteiger partial charge < -0.3 is 10.5 Å². The van der Waals surface area contributed by atoms with Crippen LogP contribution in [-0.2, 0) is 0 Å². The van der Waals surface area contributed by atoms with Crippen LogP contribution in [0.1, 0.15) is 0 Å². The second-order valence-electron chi connectivity index (χ2n) is 3.48. The lowest BCUT2D eigenvalue weighted by atomic mass is 10.3. The van der Waals surface area contributed by atoms with Crippen LogP contribution >= 0.6 is 27.5 Å². The number of hydrogen-bond donors (Lipinski definition) is 1. The standard InChI is InChI=1S/C12H7BrClF2NO/c13-7-4-12(11(17)5-9(7)15)18-6-1-2-8(14)10(16)3-6/h1-5H,17H2. The number of rotatable bonds is 2. The fourth-order valence-corrected chi connectivity index (χ4v) is 1.74. The molecule has 0 spiro atoms. The number of nitrogen functional groups attached to an aromatic ring is 1. The largest absolute Gasteiger partial charge is 0.455 e. The molecule has 0 aliphatic carbocycles. The summed E-state index contributed by atoms with van der Waals surface area (Å²) in [5.41, 5.74) is 5.72. The highest BCUT2D eigenvalue weighted by molar-refractivity contribution is 9.10. The average Bonchev–Trinajstić information content (AvgIpc) is 2.31. The van der Waals surface area contributed by atoms with Crippen molar-refractivity contribution in [3.8, 4) is 11.5 Å². The Hall–Kier alpha value is -1.33. The summed E-state index contributed by atoms with van der Waals surface area (Å²) in [6.45, 7) is 0. The molecule has 0 aromatic heterocycles. The zero-order chi connectivity index (χ0) is 13.3. The summed E-state index contributed by atoms with van der Waals surface area (Å²) in [5, 5.41) is -0.00407. The lowest BCUT2D eigenvalue weighted by Gasteiger charge is -2.09. The summed E-state index contributed by atoms with van der Waals surface area (Å²) in [5.74, 6) is -0.650. The molecule has 2 rings (SSSR count). The molecule has 2 aromatic rings. The molecule has 0 radical (unpaired) electrons. The number of anilines is 1. The van der Waals surface area contributed by atoms with E-state index in [1.165, 1.54) is 18.2 Å². The normalized spacial score (nSPS) is 10.4. The first-order valence-electron chi connectivity index (χ1n) is 4.85. The highest BCUT2D eigenvalue weighted by atomic mass is 79.9. The van der Waals surface area contributed by atoms with Crippen LogP contribution in [-0.4, -0.2) is 0 Å². The molecule has 0 unspecified atom stereocenters.